The van der Waals surface area contributed by atoms with Crippen LogP contribution in [0.2, 0.25) is 0 Å². The third kappa shape index (κ3) is 39.9. The van der Waals surface area contributed by atoms with Gasteiger partial charge in [0.15, 0.2) is 0 Å². The highest BCUT2D eigenvalue weighted by Gasteiger charge is 2.27. The van der Waals surface area contributed by atoms with E-state index in [0.717, 1.165) is 89.9 Å². The van der Waals surface area contributed by atoms with Crippen LogP contribution in [0.15, 0.2) is 85.1 Å². The Morgan fingerprint density at radius 1 is 0.625 bits per heavy atom. The zero-order chi connectivity index (χ0) is 41.4. The van der Waals surface area contributed by atoms with Gasteiger partial charge in [-0.05, 0) is 70.6 Å². The average molecular weight is 804 g/mol. The van der Waals surface area contributed by atoms with Gasteiger partial charge in [0.25, 0.3) is 0 Å². The van der Waals surface area contributed by atoms with E-state index >= 15 is 0 Å². The van der Waals surface area contributed by atoms with Crippen LogP contribution in [0.5, 0.6) is 0 Å². The topological polar surface area (TPSA) is 105 Å². The SMILES string of the molecule is CC/C=C\C/C=C\C/C=C\C/C=C\C/C=C\C/C=C\CCCCCCC(=O)NC(COP(=O)(O)OCC[N+](C)(C)C)C(O)/C=C/CCCCCCCCCCC. The predicted molar refractivity (Wildman–Crippen MR) is 239 cm³/mol. The van der Waals surface area contributed by atoms with Gasteiger partial charge in [-0.1, -0.05) is 163 Å². The van der Waals surface area contributed by atoms with E-state index in [9.17, 15) is 19.4 Å². The lowest BCUT2D eigenvalue weighted by atomic mass is 10.1. The van der Waals surface area contributed by atoms with Crippen molar-refractivity contribution in [2.24, 2.45) is 0 Å². The van der Waals surface area contributed by atoms with Gasteiger partial charge in [0.05, 0.1) is 39.9 Å². The lowest BCUT2D eigenvalue weighted by molar-refractivity contribution is -0.870. The number of phosphoric acid groups is 1. The number of allylic oxidation sites excluding steroid dienone is 13. The van der Waals surface area contributed by atoms with Crippen molar-refractivity contribution in [2.45, 2.75) is 167 Å². The van der Waals surface area contributed by atoms with Gasteiger partial charge in [-0.25, -0.2) is 4.57 Å². The fourth-order valence-corrected chi connectivity index (χ4v) is 6.37. The molecule has 0 radical (unpaired) electrons. The zero-order valence-corrected chi connectivity index (χ0v) is 37.2. The number of carbonyl (C=O) groups is 1. The molecule has 3 unspecified atom stereocenters. The summed E-state index contributed by atoms with van der Waals surface area (Å²) in [6.07, 6.45) is 52.2. The highest BCUT2D eigenvalue weighted by Crippen LogP contribution is 2.43. The highest BCUT2D eigenvalue weighted by molar-refractivity contribution is 7.47. The Bertz CT molecular complexity index is 1180. The summed E-state index contributed by atoms with van der Waals surface area (Å²) in [6, 6.07) is -0.863. The Labute approximate surface area is 344 Å². The number of likely N-dealkylation sites (N-methyl/N-ethyl adjacent to an activating group) is 1. The summed E-state index contributed by atoms with van der Waals surface area (Å²) in [6.45, 7) is 4.63. The van der Waals surface area contributed by atoms with Crippen molar-refractivity contribution in [1.29, 1.82) is 0 Å². The normalized spacial score (nSPS) is 15.2. The van der Waals surface area contributed by atoms with Gasteiger partial charge in [-0.2, -0.15) is 0 Å². The summed E-state index contributed by atoms with van der Waals surface area (Å²) in [5, 5.41) is 13.8. The van der Waals surface area contributed by atoms with E-state index in [2.05, 4.69) is 92.1 Å². The Morgan fingerprint density at radius 2 is 1.07 bits per heavy atom. The maximum Gasteiger partial charge on any atom is 0.472 e. The first kappa shape index (κ1) is 53.7. The number of amides is 1. The number of nitrogens with zero attached hydrogens (tertiary/aromatic N) is 1. The van der Waals surface area contributed by atoms with E-state index < -0.39 is 20.0 Å². The Kier molecular flexibility index (Phi) is 36.6. The van der Waals surface area contributed by atoms with Crippen molar-refractivity contribution in [3.8, 4) is 0 Å². The van der Waals surface area contributed by atoms with Gasteiger partial charge in [0.1, 0.15) is 13.2 Å². The van der Waals surface area contributed by atoms with Gasteiger partial charge in [-0.3, -0.25) is 13.8 Å². The van der Waals surface area contributed by atoms with Gasteiger partial charge in [0.2, 0.25) is 5.91 Å². The summed E-state index contributed by atoms with van der Waals surface area (Å²) in [5.41, 5.74) is 0. The minimum absolute atomic E-state index is 0.0512. The maximum absolute atomic E-state index is 12.8. The number of unbranched alkanes of at least 4 members (excludes halogenated alkanes) is 13. The fraction of sp³-hybridized carbons (Fsp3) is 0.681. The first-order chi connectivity index (χ1) is 27.0. The third-order valence-corrected chi connectivity index (χ3v) is 10.1. The molecule has 0 rings (SSSR count). The van der Waals surface area contributed by atoms with Crippen LogP contribution in [0.1, 0.15) is 155 Å². The van der Waals surface area contributed by atoms with E-state index in [1.54, 1.807) is 6.08 Å². The number of hydrogen-bond donors (Lipinski definition) is 3. The molecule has 3 atom stereocenters. The summed E-state index contributed by atoms with van der Waals surface area (Å²) in [4.78, 5) is 23.1. The summed E-state index contributed by atoms with van der Waals surface area (Å²) in [7, 11) is 1.54. The molecule has 56 heavy (non-hydrogen) atoms. The third-order valence-electron chi connectivity index (χ3n) is 9.12. The van der Waals surface area contributed by atoms with Crippen molar-refractivity contribution in [2.75, 3.05) is 40.9 Å². The Hall–Kier alpha value is -2.32. The van der Waals surface area contributed by atoms with Crippen LogP contribution < -0.4 is 5.32 Å². The number of phosphoric ester groups is 1. The molecule has 322 valence electrons. The van der Waals surface area contributed by atoms with Crippen LogP contribution in [-0.2, 0) is 18.4 Å². The van der Waals surface area contributed by atoms with Gasteiger partial charge >= 0.3 is 7.82 Å². The molecule has 0 bridgehead atoms. The van der Waals surface area contributed by atoms with Crippen LogP contribution in [0, 0.1) is 0 Å². The molecule has 0 aliphatic rings. The molecule has 8 nitrogen and oxygen atoms in total. The number of rotatable bonds is 38. The molecule has 0 saturated heterocycles. The van der Waals surface area contributed by atoms with Crippen molar-refractivity contribution in [3.05, 3.63) is 85.1 Å². The standard InChI is InChI=1S/C47H83N2O6P/c1-6-8-10-12-14-16-18-19-20-21-22-23-24-25-26-27-28-29-31-33-35-37-39-41-47(51)48-45(44-55-56(52,53)54-43-42-49(3,4)5)46(50)40-38-36-34-32-30-17-15-13-11-9-7-2/h8,10,14,16,19-20,22-23,25-26,28-29,38,40,45-46,50H,6-7,9,11-13,15,17-18,21,24,27,30-37,39,41-44H2,1-5H3,(H-,48,51,52,53)/p+1/b10-8-,16-14-,20-19-,23-22-,26-25-,29-28-,40-38+. The van der Waals surface area contributed by atoms with Crippen molar-refractivity contribution >= 4 is 13.7 Å². The molecular formula is C47H84N2O6P+. The molecule has 0 aromatic rings. The minimum Gasteiger partial charge on any atom is -0.387 e. The zero-order valence-electron chi connectivity index (χ0n) is 36.3. The number of carbonyl (C=O) groups excluding carboxylic acids is 1. The number of nitrogens with one attached hydrogen (secondary N) is 1. The van der Waals surface area contributed by atoms with Crippen LogP contribution in [-0.4, -0.2) is 73.4 Å². The fourth-order valence-electron chi connectivity index (χ4n) is 5.63. The maximum atomic E-state index is 12.8. The number of aliphatic hydroxyl groups is 1. The smallest absolute Gasteiger partial charge is 0.387 e. The van der Waals surface area contributed by atoms with Crippen LogP contribution in [0.3, 0.4) is 0 Å². The monoisotopic (exact) mass is 804 g/mol. The molecule has 0 aliphatic carbocycles. The number of aliphatic hydroxyl groups excluding tert-OH is 1. The van der Waals surface area contributed by atoms with Gasteiger partial charge in [-0.15, -0.1) is 0 Å². The molecule has 0 fully saturated rings. The van der Waals surface area contributed by atoms with Crippen molar-refractivity contribution in [1.82, 2.24) is 5.32 Å². The molecule has 0 heterocycles. The van der Waals surface area contributed by atoms with E-state index in [-0.39, 0.29) is 19.1 Å². The van der Waals surface area contributed by atoms with E-state index in [1.165, 1.54) is 44.9 Å². The summed E-state index contributed by atoms with van der Waals surface area (Å²) >= 11 is 0. The molecule has 0 aromatic carbocycles. The second-order valence-corrected chi connectivity index (χ2v) is 17.1. The van der Waals surface area contributed by atoms with E-state index in [1.807, 2.05) is 27.2 Å². The van der Waals surface area contributed by atoms with Crippen molar-refractivity contribution < 1.29 is 32.9 Å². The first-order valence-electron chi connectivity index (χ1n) is 22.0. The molecule has 3 N–H and O–H groups in total. The lowest BCUT2D eigenvalue weighted by Gasteiger charge is -2.25. The highest BCUT2D eigenvalue weighted by atomic mass is 31.2. The molecule has 0 spiro atoms. The molecule has 1 amide bonds. The molecule has 0 aliphatic heterocycles. The van der Waals surface area contributed by atoms with Crippen LogP contribution in [0.4, 0.5) is 0 Å². The van der Waals surface area contributed by atoms with Crippen LogP contribution >= 0.6 is 7.82 Å². The van der Waals surface area contributed by atoms with Crippen LogP contribution in [0.25, 0.3) is 0 Å². The van der Waals surface area contributed by atoms with E-state index in [4.69, 9.17) is 9.05 Å². The largest absolute Gasteiger partial charge is 0.472 e. The second-order valence-electron chi connectivity index (χ2n) is 15.7. The van der Waals surface area contributed by atoms with E-state index in [0.29, 0.717) is 17.4 Å². The Balaban J connectivity index is 4.44. The second kappa shape index (κ2) is 38.2. The Morgan fingerprint density at radius 3 is 1.57 bits per heavy atom. The molecule has 0 aromatic heterocycles. The van der Waals surface area contributed by atoms with Crippen molar-refractivity contribution in [3.63, 3.8) is 0 Å². The quantitative estimate of drug-likeness (QED) is 0.0248. The van der Waals surface area contributed by atoms with Gasteiger partial charge < -0.3 is 19.8 Å². The predicted octanol–water partition coefficient (Wildman–Crippen LogP) is 12.2. The lowest BCUT2D eigenvalue weighted by Crippen LogP contribution is -2.45. The average Bonchev–Trinajstić information content (AvgIpc) is 3.15. The summed E-state index contributed by atoms with van der Waals surface area (Å²) in [5.74, 6) is -0.208. The minimum atomic E-state index is -4.35. The van der Waals surface area contributed by atoms with Gasteiger partial charge in [0, 0.05) is 6.42 Å². The summed E-state index contributed by atoms with van der Waals surface area (Å²) < 4.78 is 23.5. The molecular weight excluding hydrogens is 719 g/mol. The number of hydrogen-bond acceptors (Lipinski definition) is 5. The number of quaternary nitrogens is 1. The molecule has 0 saturated carbocycles. The first-order valence-corrected chi connectivity index (χ1v) is 23.5. The molecule has 9 heteroatoms.